The molecule has 2 aromatic carbocycles. The number of hydrogen-bond acceptors (Lipinski definition) is 6. The van der Waals surface area contributed by atoms with Gasteiger partial charge in [-0.2, -0.15) is 0 Å². The van der Waals surface area contributed by atoms with Gasteiger partial charge >= 0.3 is 12.1 Å². The molecule has 2 N–H and O–H groups in total. The van der Waals surface area contributed by atoms with E-state index in [-0.39, 0.29) is 24.8 Å². The van der Waals surface area contributed by atoms with E-state index in [0.29, 0.717) is 18.4 Å². The molecule has 0 aromatic heterocycles. The van der Waals surface area contributed by atoms with Crippen LogP contribution in [0.3, 0.4) is 0 Å². The van der Waals surface area contributed by atoms with Crippen LogP contribution in [0, 0.1) is 19.8 Å². The van der Waals surface area contributed by atoms with Gasteiger partial charge in [-0.25, -0.2) is 9.59 Å². The molecule has 3 unspecified atom stereocenters. The fraction of sp³-hybridized carbons (Fsp3) is 0.619. The predicted molar refractivity (Wildman–Crippen MR) is 204 cm³/mol. The number of unbranched alkanes of at least 4 members (excludes halogenated alkanes) is 5. The summed E-state index contributed by atoms with van der Waals surface area (Å²) in [5.41, 5.74) is 1.83. The van der Waals surface area contributed by atoms with Crippen molar-refractivity contribution in [2.75, 3.05) is 6.54 Å². The third-order valence-electron chi connectivity index (χ3n) is 8.30. The summed E-state index contributed by atoms with van der Waals surface area (Å²) >= 11 is 0. The number of carbonyl (C=O) groups is 4. The molecule has 0 saturated heterocycles. The number of aryl methyl sites for hydroxylation is 2. The molecule has 51 heavy (non-hydrogen) atoms. The molecule has 0 heterocycles. The lowest BCUT2D eigenvalue weighted by atomic mass is 9.94. The van der Waals surface area contributed by atoms with E-state index in [1.807, 2.05) is 76.2 Å². The molecular formula is C42H65N3O6. The van der Waals surface area contributed by atoms with Crippen LogP contribution >= 0.6 is 0 Å². The lowest BCUT2D eigenvalue weighted by molar-refractivity contribution is -0.159. The topological polar surface area (TPSA) is 114 Å². The molecule has 0 aliphatic carbocycles. The minimum Gasteiger partial charge on any atom is -0.458 e. The molecule has 3 atom stereocenters. The largest absolute Gasteiger partial charge is 0.458 e. The van der Waals surface area contributed by atoms with Crippen LogP contribution in [0.2, 0.25) is 0 Å². The second kappa shape index (κ2) is 20.2. The summed E-state index contributed by atoms with van der Waals surface area (Å²) < 4.78 is 11.4. The lowest BCUT2D eigenvalue weighted by Crippen LogP contribution is -2.55. The van der Waals surface area contributed by atoms with Crippen molar-refractivity contribution in [1.29, 1.82) is 0 Å². The number of carbonyl (C=O) groups excluding carboxylic acids is 4. The van der Waals surface area contributed by atoms with Crippen LogP contribution in [-0.2, 0) is 30.3 Å². The lowest BCUT2D eigenvalue weighted by Gasteiger charge is -2.36. The van der Waals surface area contributed by atoms with Gasteiger partial charge in [-0.05, 0) is 90.8 Å². The second-order valence-electron chi connectivity index (χ2n) is 16.2. The van der Waals surface area contributed by atoms with Gasteiger partial charge in [0.15, 0.2) is 0 Å². The van der Waals surface area contributed by atoms with Gasteiger partial charge in [0.2, 0.25) is 11.8 Å². The molecule has 0 spiro atoms. The molecule has 0 radical (unpaired) electrons. The quantitative estimate of drug-likeness (QED) is 0.119. The Labute approximate surface area is 307 Å². The summed E-state index contributed by atoms with van der Waals surface area (Å²) in [6.45, 7) is 21.0. The smallest absolute Gasteiger partial charge is 0.408 e. The van der Waals surface area contributed by atoms with Gasteiger partial charge in [0.1, 0.15) is 29.3 Å². The maximum absolute atomic E-state index is 14.8. The molecule has 3 amide bonds. The van der Waals surface area contributed by atoms with Crippen molar-refractivity contribution in [3.63, 3.8) is 0 Å². The summed E-state index contributed by atoms with van der Waals surface area (Å²) in [7, 11) is 0. The van der Waals surface area contributed by atoms with E-state index in [1.165, 1.54) is 0 Å². The first-order valence-corrected chi connectivity index (χ1v) is 18.8. The molecule has 0 bridgehead atoms. The molecule has 2 aromatic rings. The highest BCUT2D eigenvalue weighted by atomic mass is 16.6. The van der Waals surface area contributed by atoms with Crippen LogP contribution in [0.1, 0.15) is 136 Å². The Morgan fingerprint density at radius 1 is 0.765 bits per heavy atom. The molecule has 0 saturated carbocycles. The summed E-state index contributed by atoms with van der Waals surface area (Å²) in [6.07, 6.45) is 5.79. The Kier molecular flexibility index (Phi) is 17.2. The third kappa shape index (κ3) is 15.9. The summed E-state index contributed by atoms with van der Waals surface area (Å²) in [5.74, 6) is -1.37. The fourth-order valence-corrected chi connectivity index (χ4v) is 6.02. The maximum Gasteiger partial charge on any atom is 0.408 e. The minimum absolute atomic E-state index is 0.0561. The van der Waals surface area contributed by atoms with Crippen LogP contribution in [0.15, 0.2) is 48.5 Å². The van der Waals surface area contributed by atoms with Crippen LogP contribution in [0.25, 0.3) is 0 Å². The average Bonchev–Trinajstić information content (AvgIpc) is 3.00. The van der Waals surface area contributed by atoms with Gasteiger partial charge in [0, 0.05) is 13.0 Å². The second-order valence-corrected chi connectivity index (χ2v) is 16.2. The zero-order valence-corrected chi connectivity index (χ0v) is 33.2. The molecule has 284 valence electrons. The molecule has 9 nitrogen and oxygen atoms in total. The molecule has 0 fully saturated rings. The normalized spacial score (nSPS) is 13.6. The van der Waals surface area contributed by atoms with Crippen molar-refractivity contribution in [3.05, 3.63) is 70.8 Å². The van der Waals surface area contributed by atoms with Gasteiger partial charge in [-0.1, -0.05) is 107 Å². The van der Waals surface area contributed by atoms with Crippen molar-refractivity contribution in [3.8, 4) is 0 Å². The molecule has 9 heteroatoms. The summed E-state index contributed by atoms with van der Waals surface area (Å²) in [6, 6.07) is 12.2. The van der Waals surface area contributed by atoms with E-state index in [4.69, 9.17) is 9.47 Å². The van der Waals surface area contributed by atoms with Crippen molar-refractivity contribution < 1.29 is 28.7 Å². The minimum atomic E-state index is -1.08. The van der Waals surface area contributed by atoms with E-state index >= 15 is 0 Å². The van der Waals surface area contributed by atoms with Gasteiger partial charge < -0.3 is 25.0 Å². The van der Waals surface area contributed by atoms with E-state index in [0.717, 1.165) is 48.8 Å². The standard InChI is InChI=1S/C42H65N3O6/c1-12-13-14-15-16-20-25-45(38(47)34(26-29(2)3)44-40(49)51-42(9,10)11)36(33-24-23-30(4)27-31(33)5)37(46)43-35(39(48)50-41(6,7)8)28-32-21-18-17-19-22-32/h17-19,21-24,27,29,34-36H,12-16,20,25-26,28H2,1-11H3,(H,43,46)(H,44,49). The predicted octanol–water partition coefficient (Wildman–Crippen LogP) is 8.54. The molecule has 0 aliphatic heterocycles. The average molecular weight is 708 g/mol. The number of benzene rings is 2. The zero-order chi connectivity index (χ0) is 38.4. The number of ether oxygens (including phenoxy) is 2. The van der Waals surface area contributed by atoms with Crippen LogP contribution in [-0.4, -0.2) is 58.6 Å². The third-order valence-corrected chi connectivity index (χ3v) is 8.30. The number of amides is 3. The van der Waals surface area contributed by atoms with Crippen molar-refractivity contribution in [1.82, 2.24) is 15.5 Å². The highest BCUT2D eigenvalue weighted by Crippen LogP contribution is 2.29. The first-order chi connectivity index (χ1) is 23.8. The van der Waals surface area contributed by atoms with Gasteiger partial charge in [-0.3, -0.25) is 9.59 Å². The first-order valence-electron chi connectivity index (χ1n) is 18.8. The zero-order valence-electron chi connectivity index (χ0n) is 33.2. The molecular weight excluding hydrogens is 642 g/mol. The van der Waals surface area contributed by atoms with E-state index in [9.17, 15) is 19.2 Å². The van der Waals surface area contributed by atoms with Crippen LogP contribution in [0.4, 0.5) is 4.79 Å². The number of esters is 1. The first kappa shape index (κ1) is 43.3. The Balaban J connectivity index is 2.67. The summed E-state index contributed by atoms with van der Waals surface area (Å²) in [5, 5.41) is 5.85. The van der Waals surface area contributed by atoms with E-state index in [2.05, 4.69) is 17.6 Å². The highest BCUT2D eigenvalue weighted by Gasteiger charge is 2.39. The van der Waals surface area contributed by atoms with Gasteiger partial charge in [0.05, 0.1) is 0 Å². The van der Waals surface area contributed by atoms with Crippen LogP contribution in [0.5, 0.6) is 0 Å². The maximum atomic E-state index is 14.8. The van der Waals surface area contributed by atoms with Gasteiger partial charge in [0.25, 0.3) is 0 Å². The highest BCUT2D eigenvalue weighted by molar-refractivity contribution is 5.94. The number of nitrogens with zero attached hydrogens (tertiary/aromatic N) is 1. The number of hydrogen-bond donors (Lipinski definition) is 2. The number of rotatable bonds is 18. The van der Waals surface area contributed by atoms with Gasteiger partial charge in [-0.15, -0.1) is 0 Å². The fourth-order valence-electron chi connectivity index (χ4n) is 6.02. The monoisotopic (exact) mass is 707 g/mol. The van der Waals surface area contributed by atoms with Crippen molar-refractivity contribution in [2.45, 2.75) is 157 Å². The molecule has 0 aliphatic rings. The Hall–Kier alpha value is -3.88. The molecule has 2 rings (SSSR count). The Morgan fingerprint density at radius 3 is 1.94 bits per heavy atom. The Bertz CT molecular complexity index is 1410. The van der Waals surface area contributed by atoms with Crippen molar-refractivity contribution in [2.24, 2.45) is 5.92 Å². The van der Waals surface area contributed by atoms with Crippen molar-refractivity contribution >= 4 is 23.9 Å². The number of nitrogens with one attached hydrogen (secondary N) is 2. The van der Waals surface area contributed by atoms with E-state index in [1.54, 1.807) is 46.4 Å². The van der Waals surface area contributed by atoms with E-state index < -0.39 is 47.3 Å². The number of alkyl carbamates (subject to hydrolysis) is 1. The summed E-state index contributed by atoms with van der Waals surface area (Å²) in [4.78, 5) is 58.0. The van der Waals surface area contributed by atoms with Crippen LogP contribution < -0.4 is 10.6 Å². The Morgan fingerprint density at radius 2 is 1.37 bits per heavy atom. The SMILES string of the molecule is CCCCCCCCN(C(=O)C(CC(C)C)NC(=O)OC(C)(C)C)C(C(=O)NC(Cc1ccccc1)C(=O)OC(C)(C)C)c1ccc(C)cc1C.